The molecular weight excluding hydrogens is 282 g/mol. The molecule has 0 aliphatic rings. The van der Waals surface area contributed by atoms with E-state index in [0.29, 0.717) is 5.56 Å². The Labute approximate surface area is 108 Å². The number of amides is 1. The molecule has 0 unspecified atom stereocenters. The molecule has 0 saturated carbocycles. The van der Waals surface area contributed by atoms with Crippen molar-refractivity contribution < 1.29 is 4.79 Å². The van der Waals surface area contributed by atoms with Crippen molar-refractivity contribution in [2.24, 2.45) is 7.05 Å². The van der Waals surface area contributed by atoms with Crippen molar-refractivity contribution in [3.63, 3.8) is 0 Å². The predicted octanol–water partition coefficient (Wildman–Crippen LogP) is 2.74. The molecule has 2 rings (SSSR count). The zero-order valence-corrected chi connectivity index (χ0v) is 11.2. The minimum atomic E-state index is -0.153. The molecule has 88 valence electrons. The summed E-state index contributed by atoms with van der Waals surface area (Å²) in [5.74, 6) is -0.153. The molecule has 0 saturated heterocycles. The van der Waals surface area contributed by atoms with Gasteiger partial charge in [-0.25, -0.2) is 0 Å². The summed E-state index contributed by atoms with van der Waals surface area (Å²) in [6, 6.07) is 5.77. The molecule has 5 heteroatoms. The summed E-state index contributed by atoms with van der Waals surface area (Å²) in [5, 5.41) is 6.82. The van der Waals surface area contributed by atoms with Crippen molar-refractivity contribution in [2.45, 2.75) is 6.92 Å². The van der Waals surface area contributed by atoms with Gasteiger partial charge < -0.3 is 5.32 Å². The molecule has 0 spiro atoms. The van der Waals surface area contributed by atoms with E-state index >= 15 is 0 Å². The van der Waals surface area contributed by atoms with Gasteiger partial charge in [0.1, 0.15) is 0 Å². The molecular formula is C12H12BrN3O. The van der Waals surface area contributed by atoms with Gasteiger partial charge in [-0.15, -0.1) is 0 Å². The van der Waals surface area contributed by atoms with E-state index in [0.717, 1.165) is 15.7 Å². The molecule has 4 nitrogen and oxygen atoms in total. The Morgan fingerprint density at radius 1 is 1.47 bits per heavy atom. The highest BCUT2D eigenvalue weighted by Gasteiger charge is 2.09. The molecule has 0 atom stereocenters. The largest absolute Gasteiger partial charge is 0.322 e. The summed E-state index contributed by atoms with van der Waals surface area (Å²) in [7, 11) is 1.78. The molecule has 1 aromatic heterocycles. The lowest BCUT2D eigenvalue weighted by Crippen LogP contribution is -2.12. The van der Waals surface area contributed by atoms with Crippen LogP contribution in [0.3, 0.4) is 0 Å². The van der Waals surface area contributed by atoms with Gasteiger partial charge in [0.15, 0.2) is 0 Å². The van der Waals surface area contributed by atoms with Gasteiger partial charge in [-0.05, 0) is 24.6 Å². The molecule has 1 amide bonds. The fraction of sp³-hybridized carbons (Fsp3) is 0.167. The first-order chi connectivity index (χ1) is 8.06. The van der Waals surface area contributed by atoms with Gasteiger partial charge in [-0.1, -0.05) is 22.0 Å². The van der Waals surface area contributed by atoms with Crippen LogP contribution in [0.25, 0.3) is 0 Å². The second-order valence-electron chi connectivity index (χ2n) is 3.82. The molecule has 0 aliphatic carbocycles. The van der Waals surface area contributed by atoms with Gasteiger partial charge in [0, 0.05) is 23.4 Å². The first-order valence-corrected chi connectivity index (χ1v) is 5.92. The van der Waals surface area contributed by atoms with Crippen LogP contribution in [0.1, 0.15) is 15.9 Å². The number of halogens is 1. The third-order valence-electron chi connectivity index (χ3n) is 2.41. The van der Waals surface area contributed by atoms with Crippen LogP contribution >= 0.6 is 15.9 Å². The summed E-state index contributed by atoms with van der Waals surface area (Å²) >= 11 is 3.38. The summed E-state index contributed by atoms with van der Waals surface area (Å²) in [6.45, 7) is 1.95. The Kier molecular flexibility index (Phi) is 3.28. The molecule has 17 heavy (non-hydrogen) atoms. The molecule has 1 heterocycles. The Hall–Kier alpha value is -1.62. The average Bonchev–Trinajstić information content (AvgIpc) is 2.70. The minimum absolute atomic E-state index is 0.153. The maximum absolute atomic E-state index is 11.9. The Morgan fingerprint density at radius 2 is 2.24 bits per heavy atom. The third-order valence-corrected chi connectivity index (χ3v) is 2.91. The van der Waals surface area contributed by atoms with Crippen LogP contribution in [0, 0.1) is 6.92 Å². The number of hydrogen-bond donors (Lipinski definition) is 1. The fourth-order valence-electron chi connectivity index (χ4n) is 1.46. The number of anilines is 1. The number of nitrogens with zero attached hydrogens (tertiary/aromatic N) is 2. The molecule has 0 fully saturated rings. The van der Waals surface area contributed by atoms with Crippen molar-refractivity contribution in [3.8, 4) is 0 Å². The zero-order chi connectivity index (χ0) is 12.4. The summed E-state index contributed by atoms with van der Waals surface area (Å²) in [4.78, 5) is 11.9. The van der Waals surface area contributed by atoms with Gasteiger partial charge in [-0.3, -0.25) is 9.48 Å². The molecule has 1 N–H and O–H groups in total. The number of aryl methyl sites for hydroxylation is 2. The molecule has 1 aromatic carbocycles. The van der Waals surface area contributed by atoms with Crippen LogP contribution < -0.4 is 5.32 Å². The monoisotopic (exact) mass is 293 g/mol. The van der Waals surface area contributed by atoms with E-state index < -0.39 is 0 Å². The number of carbonyl (C=O) groups excluding carboxylic acids is 1. The predicted molar refractivity (Wildman–Crippen MR) is 70.0 cm³/mol. The number of carbonyl (C=O) groups is 1. The van der Waals surface area contributed by atoms with Crippen molar-refractivity contribution in [1.82, 2.24) is 9.78 Å². The first kappa shape index (κ1) is 11.9. The van der Waals surface area contributed by atoms with Crippen LogP contribution in [-0.2, 0) is 7.05 Å². The molecule has 0 aliphatic heterocycles. The van der Waals surface area contributed by atoms with E-state index in [1.54, 1.807) is 24.1 Å². The maximum Gasteiger partial charge on any atom is 0.258 e. The Balaban J connectivity index is 2.21. The van der Waals surface area contributed by atoms with Crippen molar-refractivity contribution >= 4 is 27.5 Å². The highest BCUT2D eigenvalue weighted by molar-refractivity contribution is 9.10. The van der Waals surface area contributed by atoms with Gasteiger partial charge in [0.25, 0.3) is 5.91 Å². The van der Waals surface area contributed by atoms with Gasteiger partial charge >= 0.3 is 0 Å². The quantitative estimate of drug-likeness (QED) is 0.925. The lowest BCUT2D eigenvalue weighted by Gasteiger charge is -2.07. The van der Waals surface area contributed by atoms with Crippen LogP contribution in [-0.4, -0.2) is 15.7 Å². The number of aromatic nitrogens is 2. The van der Waals surface area contributed by atoms with Crippen LogP contribution in [0.4, 0.5) is 5.69 Å². The minimum Gasteiger partial charge on any atom is -0.322 e. The smallest absolute Gasteiger partial charge is 0.258 e. The summed E-state index contributed by atoms with van der Waals surface area (Å²) in [6.07, 6.45) is 3.23. The number of rotatable bonds is 2. The van der Waals surface area contributed by atoms with Crippen LogP contribution in [0.2, 0.25) is 0 Å². The molecule has 0 bridgehead atoms. The lowest BCUT2D eigenvalue weighted by molar-refractivity contribution is 0.102. The van der Waals surface area contributed by atoms with Crippen LogP contribution in [0.15, 0.2) is 35.1 Å². The number of nitrogens with one attached hydrogen (secondary N) is 1. The maximum atomic E-state index is 11.9. The van der Waals surface area contributed by atoms with E-state index in [1.165, 1.54) is 0 Å². The molecule has 0 radical (unpaired) electrons. The second-order valence-corrected chi connectivity index (χ2v) is 4.73. The van der Waals surface area contributed by atoms with Crippen molar-refractivity contribution in [2.75, 3.05) is 5.32 Å². The fourth-order valence-corrected chi connectivity index (χ4v) is 1.82. The van der Waals surface area contributed by atoms with E-state index in [9.17, 15) is 4.79 Å². The van der Waals surface area contributed by atoms with Crippen molar-refractivity contribution in [3.05, 3.63) is 46.2 Å². The third kappa shape index (κ3) is 2.74. The SMILES string of the molecule is Cc1ccc(Br)cc1NC(=O)c1cnn(C)c1. The Bertz CT molecular complexity index is 563. The number of hydrogen-bond acceptors (Lipinski definition) is 2. The van der Waals surface area contributed by atoms with E-state index in [4.69, 9.17) is 0 Å². The zero-order valence-electron chi connectivity index (χ0n) is 9.57. The topological polar surface area (TPSA) is 46.9 Å². The van der Waals surface area contributed by atoms with Gasteiger partial charge in [-0.2, -0.15) is 5.10 Å². The van der Waals surface area contributed by atoms with E-state index in [-0.39, 0.29) is 5.91 Å². The standard InChI is InChI=1S/C12H12BrN3O/c1-8-3-4-10(13)5-11(8)15-12(17)9-6-14-16(2)7-9/h3-7H,1-2H3,(H,15,17). The highest BCUT2D eigenvalue weighted by Crippen LogP contribution is 2.21. The summed E-state index contributed by atoms with van der Waals surface area (Å²) < 4.78 is 2.53. The van der Waals surface area contributed by atoms with E-state index in [1.807, 2.05) is 25.1 Å². The van der Waals surface area contributed by atoms with Gasteiger partial charge in [0.2, 0.25) is 0 Å². The number of benzene rings is 1. The highest BCUT2D eigenvalue weighted by atomic mass is 79.9. The Morgan fingerprint density at radius 3 is 2.88 bits per heavy atom. The first-order valence-electron chi connectivity index (χ1n) is 5.12. The average molecular weight is 294 g/mol. The second kappa shape index (κ2) is 4.71. The van der Waals surface area contributed by atoms with Crippen LogP contribution in [0.5, 0.6) is 0 Å². The van der Waals surface area contributed by atoms with E-state index in [2.05, 4.69) is 26.3 Å². The normalized spacial score (nSPS) is 10.3. The van der Waals surface area contributed by atoms with Gasteiger partial charge in [0.05, 0.1) is 11.8 Å². The van der Waals surface area contributed by atoms with Crippen molar-refractivity contribution in [1.29, 1.82) is 0 Å². The molecule has 2 aromatic rings. The summed E-state index contributed by atoms with van der Waals surface area (Å²) in [5.41, 5.74) is 2.37. The lowest BCUT2D eigenvalue weighted by atomic mass is 10.2.